The predicted octanol–water partition coefficient (Wildman–Crippen LogP) is 3.53. The van der Waals surface area contributed by atoms with Crippen molar-refractivity contribution in [1.82, 2.24) is 5.32 Å². The van der Waals surface area contributed by atoms with Gasteiger partial charge in [-0.15, -0.1) is 0 Å². The summed E-state index contributed by atoms with van der Waals surface area (Å²) >= 11 is 3.47. The molecule has 0 radical (unpaired) electrons. The van der Waals surface area contributed by atoms with E-state index in [4.69, 9.17) is 4.74 Å². The maximum Gasteiger partial charge on any atom is 0.0866 e. The van der Waals surface area contributed by atoms with Crippen molar-refractivity contribution >= 4 is 15.9 Å². The molecule has 0 saturated carbocycles. The monoisotopic (exact) mass is 297 g/mol. The largest absolute Gasteiger partial charge is 0.373 e. The van der Waals surface area contributed by atoms with Crippen LogP contribution in [0.3, 0.4) is 0 Å². The molecule has 2 unspecified atom stereocenters. The summed E-state index contributed by atoms with van der Waals surface area (Å²) in [5, 5.41) is 3.50. The number of halogens is 1. The van der Waals surface area contributed by atoms with E-state index in [0.29, 0.717) is 5.92 Å². The maximum atomic E-state index is 5.87. The van der Waals surface area contributed by atoms with Crippen molar-refractivity contribution < 1.29 is 4.74 Å². The number of nitrogens with one attached hydrogen (secondary N) is 1. The Bertz CT molecular complexity index is 339. The minimum absolute atomic E-state index is 0.271. The molecule has 0 bridgehead atoms. The zero-order chi connectivity index (χ0) is 12.1. The van der Waals surface area contributed by atoms with Crippen LogP contribution in [0.15, 0.2) is 28.7 Å². The van der Waals surface area contributed by atoms with Gasteiger partial charge in [-0.2, -0.15) is 0 Å². The van der Waals surface area contributed by atoms with Gasteiger partial charge >= 0.3 is 0 Å². The van der Waals surface area contributed by atoms with Crippen LogP contribution in [0.2, 0.25) is 0 Å². The van der Waals surface area contributed by atoms with Gasteiger partial charge in [-0.3, -0.25) is 0 Å². The number of ether oxygens (including phenoxy) is 1. The lowest BCUT2D eigenvalue weighted by molar-refractivity contribution is 0.0905. The summed E-state index contributed by atoms with van der Waals surface area (Å²) in [6.45, 7) is 5.25. The molecule has 2 atom stereocenters. The standard InChI is InChI=1S/C14H20BrNO/c1-2-8-16-10-12-7-9-17-14(12)11-3-5-13(15)6-4-11/h3-6,12,14,16H,2,7-10H2,1H3. The van der Waals surface area contributed by atoms with Crippen LogP contribution in [-0.4, -0.2) is 19.7 Å². The molecular formula is C14H20BrNO. The normalized spacial score (nSPS) is 24.1. The van der Waals surface area contributed by atoms with Crippen molar-refractivity contribution in [3.63, 3.8) is 0 Å². The van der Waals surface area contributed by atoms with Gasteiger partial charge in [0.2, 0.25) is 0 Å². The minimum Gasteiger partial charge on any atom is -0.373 e. The third kappa shape index (κ3) is 3.54. The van der Waals surface area contributed by atoms with E-state index in [9.17, 15) is 0 Å². The first-order valence-electron chi connectivity index (χ1n) is 6.39. The quantitative estimate of drug-likeness (QED) is 0.840. The molecule has 1 fully saturated rings. The Morgan fingerprint density at radius 1 is 1.35 bits per heavy atom. The van der Waals surface area contributed by atoms with Gasteiger partial charge in [0.15, 0.2) is 0 Å². The lowest BCUT2D eigenvalue weighted by atomic mass is 9.95. The van der Waals surface area contributed by atoms with Crippen molar-refractivity contribution in [1.29, 1.82) is 0 Å². The highest BCUT2D eigenvalue weighted by atomic mass is 79.9. The second kappa shape index (κ2) is 6.53. The highest BCUT2D eigenvalue weighted by molar-refractivity contribution is 9.10. The van der Waals surface area contributed by atoms with Gasteiger partial charge in [0, 0.05) is 23.5 Å². The van der Waals surface area contributed by atoms with E-state index in [2.05, 4.69) is 52.4 Å². The zero-order valence-corrected chi connectivity index (χ0v) is 11.9. The molecule has 3 heteroatoms. The number of hydrogen-bond acceptors (Lipinski definition) is 2. The lowest BCUT2D eigenvalue weighted by Gasteiger charge is -2.19. The number of benzene rings is 1. The molecule has 1 N–H and O–H groups in total. The molecule has 0 amide bonds. The van der Waals surface area contributed by atoms with Crippen molar-refractivity contribution in [2.45, 2.75) is 25.9 Å². The molecule has 2 nitrogen and oxygen atoms in total. The van der Waals surface area contributed by atoms with Gasteiger partial charge in [-0.05, 0) is 37.1 Å². The van der Waals surface area contributed by atoms with Crippen LogP contribution in [0.1, 0.15) is 31.4 Å². The van der Waals surface area contributed by atoms with E-state index < -0.39 is 0 Å². The summed E-state index contributed by atoms with van der Waals surface area (Å²) in [6, 6.07) is 8.50. The molecule has 1 aliphatic rings. The van der Waals surface area contributed by atoms with Gasteiger partial charge in [-0.25, -0.2) is 0 Å². The Labute approximate surface area is 112 Å². The van der Waals surface area contributed by atoms with E-state index >= 15 is 0 Å². The van der Waals surface area contributed by atoms with Crippen LogP contribution in [0.4, 0.5) is 0 Å². The first-order chi connectivity index (χ1) is 8.31. The fraction of sp³-hybridized carbons (Fsp3) is 0.571. The third-order valence-electron chi connectivity index (χ3n) is 3.25. The third-order valence-corrected chi connectivity index (χ3v) is 3.77. The van der Waals surface area contributed by atoms with Crippen LogP contribution in [0.25, 0.3) is 0 Å². The number of hydrogen-bond donors (Lipinski definition) is 1. The van der Waals surface area contributed by atoms with E-state index in [-0.39, 0.29) is 6.10 Å². The van der Waals surface area contributed by atoms with Gasteiger partial charge in [0.05, 0.1) is 6.10 Å². The molecule has 0 spiro atoms. The molecular weight excluding hydrogens is 278 g/mol. The van der Waals surface area contributed by atoms with Gasteiger partial charge in [0.25, 0.3) is 0 Å². The van der Waals surface area contributed by atoms with Crippen molar-refractivity contribution in [3.8, 4) is 0 Å². The predicted molar refractivity (Wildman–Crippen MR) is 74.1 cm³/mol. The van der Waals surface area contributed by atoms with Crippen LogP contribution < -0.4 is 5.32 Å². The van der Waals surface area contributed by atoms with E-state index in [1.807, 2.05) is 0 Å². The van der Waals surface area contributed by atoms with Crippen LogP contribution >= 0.6 is 15.9 Å². The van der Waals surface area contributed by atoms with Gasteiger partial charge in [0.1, 0.15) is 0 Å². The Morgan fingerprint density at radius 2 is 2.12 bits per heavy atom. The summed E-state index contributed by atoms with van der Waals surface area (Å²) in [4.78, 5) is 0. The van der Waals surface area contributed by atoms with Crippen LogP contribution in [0, 0.1) is 5.92 Å². The first kappa shape index (κ1) is 13.1. The summed E-state index contributed by atoms with van der Waals surface area (Å²) in [7, 11) is 0. The smallest absolute Gasteiger partial charge is 0.0866 e. The van der Waals surface area contributed by atoms with Crippen molar-refractivity contribution in [3.05, 3.63) is 34.3 Å². The second-order valence-corrected chi connectivity index (χ2v) is 5.51. The lowest BCUT2D eigenvalue weighted by Crippen LogP contribution is -2.25. The topological polar surface area (TPSA) is 21.3 Å². The summed E-state index contributed by atoms with van der Waals surface area (Å²) in [5.41, 5.74) is 1.30. The van der Waals surface area contributed by atoms with Gasteiger partial charge in [-0.1, -0.05) is 35.0 Å². The fourth-order valence-corrected chi connectivity index (χ4v) is 2.59. The molecule has 2 rings (SSSR count). The molecule has 1 aromatic carbocycles. The summed E-state index contributed by atoms with van der Waals surface area (Å²) < 4.78 is 6.99. The summed E-state index contributed by atoms with van der Waals surface area (Å²) in [6.07, 6.45) is 2.63. The summed E-state index contributed by atoms with van der Waals surface area (Å²) in [5.74, 6) is 0.614. The highest BCUT2D eigenvalue weighted by Crippen LogP contribution is 2.34. The highest BCUT2D eigenvalue weighted by Gasteiger charge is 2.28. The van der Waals surface area contributed by atoms with Crippen LogP contribution in [0.5, 0.6) is 0 Å². The molecule has 94 valence electrons. The molecule has 17 heavy (non-hydrogen) atoms. The average molecular weight is 298 g/mol. The molecule has 1 saturated heterocycles. The Morgan fingerprint density at radius 3 is 2.82 bits per heavy atom. The molecule has 1 heterocycles. The molecule has 0 aliphatic carbocycles. The maximum absolute atomic E-state index is 5.87. The SMILES string of the molecule is CCCNCC1CCOC1c1ccc(Br)cc1. The molecule has 1 aliphatic heterocycles. The average Bonchev–Trinajstić information content (AvgIpc) is 2.79. The van der Waals surface area contributed by atoms with Crippen molar-refractivity contribution in [2.24, 2.45) is 5.92 Å². The zero-order valence-electron chi connectivity index (χ0n) is 10.3. The Hall–Kier alpha value is -0.380. The van der Waals surface area contributed by atoms with E-state index in [1.165, 1.54) is 12.0 Å². The Balaban J connectivity index is 1.96. The van der Waals surface area contributed by atoms with E-state index in [1.54, 1.807) is 0 Å². The van der Waals surface area contributed by atoms with Crippen LogP contribution in [-0.2, 0) is 4.74 Å². The fourth-order valence-electron chi connectivity index (χ4n) is 2.33. The molecule has 0 aromatic heterocycles. The van der Waals surface area contributed by atoms with E-state index in [0.717, 1.165) is 30.6 Å². The Kier molecular flexibility index (Phi) is 5.01. The molecule has 1 aromatic rings. The van der Waals surface area contributed by atoms with Gasteiger partial charge < -0.3 is 10.1 Å². The minimum atomic E-state index is 0.271. The second-order valence-electron chi connectivity index (χ2n) is 4.60. The van der Waals surface area contributed by atoms with Crippen molar-refractivity contribution in [2.75, 3.05) is 19.7 Å². The number of rotatable bonds is 5. The first-order valence-corrected chi connectivity index (χ1v) is 7.18.